The molecule has 1 amide bonds. The van der Waals surface area contributed by atoms with E-state index in [1.54, 1.807) is 0 Å². The molecule has 8 heteroatoms. The normalized spacial score (nSPS) is 12.1. The second-order valence-corrected chi connectivity index (χ2v) is 9.68. The molecule has 0 aromatic carbocycles. The molecule has 0 aromatic rings. The second-order valence-electron chi connectivity index (χ2n) is 6.85. The maximum atomic E-state index is 11.6. The smallest absolute Gasteiger partial charge is 0.223 e. The summed E-state index contributed by atoms with van der Waals surface area (Å²) in [5.74, 6) is 7.32. The summed E-state index contributed by atoms with van der Waals surface area (Å²) >= 11 is 0. The predicted octanol–water partition coefficient (Wildman–Crippen LogP) is 2.50. The van der Waals surface area contributed by atoms with Crippen LogP contribution in [0.15, 0.2) is 0 Å². The van der Waals surface area contributed by atoms with Crippen molar-refractivity contribution in [2.45, 2.75) is 52.5 Å². The van der Waals surface area contributed by atoms with E-state index in [9.17, 15) is 4.79 Å². The third-order valence-electron chi connectivity index (χ3n) is 3.24. The molecule has 0 aliphatic rings. The average Bonchev–Trinajstić information content (AvgIpc) is 2.63. The number of nitrogens with one attached hydrogen (secondary N) is 3. The van der Waals surface area contributed by atoms with Crippen molar-refractivity contribution >= 4 is 27.5 Å². The van der Waals surface area contributed by atoms with Gasteiger partial charge >= 0.3 is 0 Å². The Kier molecular flexibility index (Phi) is 19.6. The quantitative estimate of drug-likeness (QED) is 0.141. The molecule has 0 heterocycles. The first-order chi connectivity index (χ1) is 13.4. The summed E-state index contributed by atoms with van der Waals surface area (Å²) < 4.78 is 10.9. The van der Waals surface area contributed by atoms with E-state index in [2.05, 4.69) is 48.6 Å². The topological polar surface area (TPSA) is 71.6 Å². The Morgan fingerprint density at radius 1 is 0.964 bits per heavy atom. The molecule has 1 unspecified atom stereocenters. The van der Waals surface area contributed by atoms with Crippen molar-refractivity contribution in [2.75, 3.05) is 51.8 Å². The lowest BCUT2D eigenvalue weighted by Gasteiger charge is -2.13. The number of rotatable bonds is 17. The zero-order valence-electron chi connectivity index (χ0n) is 18.1. The Balaban J connectivity index is 3.32. The number of carbonyl (C=O) groups excluding carboxylic acids is 1. The van der Waals surface area contributed by atoms with Crippen LogP contribution in [0.1, 0.15) is 41.0 Å². The van der Waals surface area contributed by atoms with E-state index in [0.29, 0.717) is 56.7 Å². The summed E-state index contributed by atoms with van der Waals surface area (Å²) in [5, 5.41) is 9.98. The van der Waals surface area contributed by atoms with Crippen LogP contribution in [-0.4, -0.2) is 69.1 Å². The van der Waals surface area contributed by atoms with Crippen LogP contribution in [0.3, 0.4) is 0 Å². The zero-order chi connectivity index (χ0) is 21.0. The largest absolute Gasteiger partial charge is 0.379 e. The van der Waals surface area contributed by atoms with Crippen LogP contribution in [0.4, 0.5) is 0 Å². The van der Waals surface area contributed by atoms with Gasteiger partial charge in [0.2, 0.25) is 5.91 Å². The van der Waals surface area contributed by atoms with Crippen LogP contribution in [0.5, 0.6) is 0 Å². The maximum absolute atomic E-state index is 11.6. The first-order valence-electron chi connectivity index (χ1n) is 10.1. The van der Waals surface area contributed by atoms with E-state index in [0.717, 1.165) is 18.8 Å². The minimum atomic E-state index is -0.0347. The Labute approximate surface area is 179 Å². The zero-order valence-corrected chi connectivity index (χ0v) is 19.8. The summed E-state index contributed by atoms with van der Waals surface area (Å²) in [6.45, 7) is 14.9. The van der Waals surface area contributed by atoms with Gasteiger partial charge in [-0.05, 0) is 6.92 Å². The third-order valence-corrected chi connectivity index (χ3v) is 5.98. The molecule has 1 atom stereocenters. The molecule has 0 aliphatic carbocycles. The fourth-order valence-electron chi connectivity index (χ4n) is 1.88. The molecule has 0 bridgehead atoms. The van der Waals surface area contributed by atoms with Gasteiger partial charge in [0.25, 0.3) is 0 Å². The van der Waals surface area contributed by atoms with Gasteiger partial charge in [-0.15, -0.1) is 0 Å². The second kappa shape index (κ2) is 19.9. The van der Waals surface area contributed by atoms with Crippen LogP contribution in [0, 0.1) is 17.8 Å². The van der Waals surface area contributed by atoms with Crippen molar-refractivity contribution < 1.29 is 14.3 Å². The monoisotopic (exact) mass is 433 g/mol. The number of ether oxygens (including phenoxy) is 2. The standard InChI is InChI=1S/C20H39N3O3S2/c1-17(2)7-6-9-23-20(24)8-12-25-14-15-26-13-10-22-19(5)28-27-16-11-21-18(3)4/h17-19,21-22H,8-16H2,1-5H3,(H,23,24). The van der Waals surface area contributed by atoms with E-state index in [4.69, 9.17) is 9.47 Å². The predicted molar refractivity (Wildman–Crippen MR) is 123 cm³/mol. The molecule has 28 heavy (non-hydrogen) atoms. The fraction of sp³-hybridized carbons (Fsp3) is 0.850. The average molecular weight is 434 g/mol. The molecule has 0 rings (SSSR count). The van der Waals surface area contributed by atoms with Gasteiger partial charge in [0, 0.05) is 37.2 Å². The van der Waals surface area contributed by atoms with Gasteiger partial charge in [0.15, 0.2) is 0 Å². The molecule has 0 saturated heterocycles. The Bertz CT molecular complexity index is 440. The van der Waals surface area contributed by atoms with Gasteiger partial charge < -0.3 is 25.4 Å². The summed E-state index contributed by atoms with van der Waals surface area (Å²) in [6, 6.07) is 0.550. The van der Waals surface area contributed by atoms with E-state index in [1.807, 2.05) is 35.4 Å². The fourth-order valence-corrected chi connectivity index (χ4v) is 3.92. The molecule has 0 radical (unpaired) electrons. The highest BCUT2D eigenvalue weighted by atomic mass is 33.1. The lowest BCUT2D eigenvalue weighted by Crippen LogP contribution is -2.27. The molecular formula is C20H39N3O3S2. The minimum Gasteiger partial charge on any atom is -0.379 e. The molecule has 6 nitrogen and oxygen atoms in total. The van der Waals surface area contributed by atoms with Gasteiger partial charge in [-0.25, -0.2) is 0 Å². The highest BCUT2D eigenvalue weighted by Crippen LogP contribution is 2.24. The van der Waals surface area contributed by atoms with Gasteiger partial charge in [-0.1, -0.05) is 61.1 Å². The molecule has 0 aromatic heterocycles. The maximum Gasteiger partial charge on any atom is 0.223 e. The van der Waals surface area contributed by atoms with Gasteiger partial charge in [0.05, 0.1) is 38.3 Å². The van der Waals surface area contributed by atoms with Gasteiger partial charge in [-0.2, -0.15) is 0 Å². The molecule has 0 fully saturated rings. The van der Waals surface area contributed by atoms with Crippen LogP contribution in [0.2, 0.25) is 0 Å². The SMILES string of the molecule is CC(C)C#CCNC(=O)CCOCCOCCNC(C)SSCCNC(C)C. The molecular weight excluding hydrogens is 394 g/mol. The number of hydrogen-bond donors (Lipinski definition) is 3. The number of amides is 1. The van der Waals surface area contributed by atoms with Crippen molar-refractivity contribution in [1.82, 2.24) is 16.0 Å². The molecule has 3 N–H and O–H groups in total. The van der Waals surface area contributed by atoms with Crippen LogP contribution in [-0.2, 0) is 14.3 Å². The van der Waals surface area contributed by atoms with Crippen molar-refractivity contribution in [3.8, 4) is 11.8 Å². The number of carbonyl (C=O) groups is 1. The van der Waals surface area contributed by atoms with Crippen LogP contribution < -0.4 is 16.0 Å². The summed E-state index contributed by atoms with van der Waals surface area (Å²) in [5.41, 5.74) is 0. The van der Waals surface area contributed by atoms with E-state index in [1.165, 1.54) is 0 Å². The first kappa shape index (κ1) is 27.6. The summed E-state index contributed by atoms with van der Waals surface area (Å²) in [7, 11) is 3.73. The van der Waals surface area contributed by atoms with Crippen molar-refractivity contribution in [3.05, 3.63) is 0 Å². The van der Waals surface area contributed by atoms with Crippen molar-refractivity contribution in [1.29, 1.82) is 0 Å². The van der Waals surface area contributed by atoms with Gasteiger partial charge in [0.1, 0.15) is 0 Å². The highest BCUT2D eigenvalue weighted by molar-refractivity contribution is 8.76. The third kappa shape index (κ3) is 21.9. The van der Waals surface area contributed by atoms with Crippen molar-refractivity contribution in [2.24, 2.45) is 5.92 Å². The Morgan fingerprint density at radius 3 is 2.36 bits per heavy atom. The number of hydrogen-bond acceptors (Lipinski definition) is 7. The lowest BCUT2D eigenvalue weighted by molar-refractivity contribution is -0.122. The molecule has 164 valence electrons. The van der Waals surface area contributed by atoms with Gasteiger partial charge in [-0.3, -0.25) is 4.79 Å². The van der Waals surface area contributed by atoms with Crippen LogP contribution in [0.25, 0.3) is 0 Å². The van der Waals surface area contributed by atoms with Crippen LogP contribution >= 0.6 is 21.6 Å². The van der Waals surface area contributed by atoms with E-state index >= 15 is 0 Å². The molecule has 0 spiro atoms. The Hall–Kier alpha value is -0.430. The lowest BCUT2D eigenvalue weighted by atomic mass is 10.2. The van der Waals surface area contributed by atoms with E-state index < -0.39 is 0 Å². The molecule has 0 saturated carbocycles. The summed E-state index contributed by atoms with van der Waals surface area (Å²) in [6.07, 6.45) is 0.351. The first-order valence-corrected chi connectivity index (χ1v) is 12.5. The minimum absolute atomic E-state index is 0.0347. The highest BCUT2D eigenvalue weighted by Gasteiger charge is 2.02. The Morgan fingerprint density at radius 2 is 1.68 bits per heavy atom. The summed E-state index contributed by atoms with van der Waals surface area (Å²) in [4.78, 5) is 11.6. The molecule has 0 aliphatic heterocycles. The van der Waals surface area contributed by atoms with E-state index in [-0.39, 0.29) is 5.91 Å². The van der Waals surface area contributed by atoms with Crippen molar-refractivity contribution in [3.63, 3.8) is 0 Å².